The molecule has 6 nitrogen and oxygen atoms in total. The summed E-state index contributed by atoms with van der Waals surface area (Å²) in [5.41, 5.74) is 1.75. The fourth-order valence-corrected chi connectivity index (χ4v) is 3.41. The first-order chi connectivity index (χ1) is 13.8. The maximum absolute atomic E-state index is 12.3. The van der Waals surface area contributed by atoms with Gasteiger partial charge in [0.1, 0.15) is 5.60 Å². The summed E-state index contributed by atoms with van der Waals surface area (Å²) in [6.07, 6.45) is 0.233. The minimum Gasteiger partial charge on any atom is -0.465 e. The zero-order valence-corrected chi connectivity index (χ0v) is 19.4. The molecule has 0 saturated heterocycles. The number of carbonyl (C=O) groups excluding carboxylic acids is 2. The normalized spacial score (nSPS) is 19.7. The topological polar surface area (TPSA) is 73.9 Å². The van der Waals surface area contributed by atoms with Crippen molar-refractivity contribution < 1.29 is 25.2 Å². The fourth-order valence-electron chi connectivity index (χ4n) is 3.41. The fraction of sp³-hybridized carbons (Fsp3) is 0.667. The molecule has 1 aliphatic carbocycles. The van der Waals surface area contributed by atoms with Gasteiger partial charge in [0.2, 0.25) is 0 Å². The Morgan fingerprint density at radius 2 is 1.83 bits per heavy atom. The lowest BCUT2D eigenvalue weighted by molar-refractivity contribution is -0.149. The van der Waals surface area contributed by atoms with E-state index >= 15 is 0 Å². The number of hydrogen-bond acceptors (Lipinski definition) is 5. The van der Waals surface area contributed by atoms with E-state index in [0.717, 1.165) is 6.42 Å². The SMILES string of the molecule is CC(CC(=O)OCC(C)(C)C)OC[C@@H]1c2ccccc2C[C@H]1NC(=O)OC(C)(C)C.[HH]. The zero-order valence-electron chi connectivity index (χ0n) is 19.4. The molecule has 1 unspecified atom stereocenters. The van der Waals surface area contributed by atoms with Gasteiger partial charge in [0.25, 0.3) is 0 Å². The third-order valence-corrected chi connectivity index (χ3v) is 4.76. The molecule has 0 radical (unpaired) electrons. The van der Waals surface area contributed by atoms with Crippen LogP contribution in [0, 0.1) is 5.41 Å². The number of carbonyl (C=O) groups is 2. The molecule has 2 rings (SSSR count). The molecule has 30 heavy (non-hydrogen) atoms. The van der Waals surface area contributed by atoms with E-state index in [2.05, 4.69) is 17.4 Å². The van der Waals surface area contributed by atoms with Crippen molar-refractivity contribution in [2.75, 3.05) is 13.2 Å². The summed E-state index contributed by atoms with van der Waals surface area (Å²) in [6.45, 7) is 14.3. The van der Waals surface area contributed by atoms with E-state index < -0.39 is 11.7 Å². The number of amides is 1. The Kier molecular flexibility index (Phi) is 7.92. The molecule has 0 fully saturated rings. The van der Waals surface area contributed by atoms with E-state index in [1.165, 1.54) is 11.1 Å². The van der Waals surface area contributed by atoms with E-state index in [9.17, 15) is 9.59 Å². The number of rotatable bonds is 7. The van der Waals surface area contributed by atoms with Crippen molar-refractivity contribution >= 4 is 12.1 Å². The quantitative estimate of drug-likeness (QED) is 0.637. The van der Waals surface area contributed by atoms with Gasteiger partial charge in [-0.05, 0) is 50.7 Å². The highest BCUT2D eigenvalue weighted by Crippen LogP contribution is 2.34. The number of alkyl carbamates (subject to hydrolysis) is 1. The number of hydrogen-bond donors (Lipinski definition) is 1. The van der Waals surface area contributed by atoms with Crippen LogP contribution in [0.15, 0.2) is 24.3 Å². The molecular formula is C24H39NO5. The standard InChI is InChI=1S/C24H37NO5.H2/c1-16(12-21(26)29-15-23(2,3)4)28-14-19-18-11-9-8-10-17(18)13-20(19)25-22(27)30-24(5,6)7;/h8-11,16,19-20H,12-15H2,1-7H3,(H,25,27);1H/t16?,19-,20-;/m1./s1. The van der Waals surface area contributed by atoms with Gasteiger partial charge in [0.15, 0.2) is 0 Å². The van der Waals surface area contributed by atoms with Crippen molar-refractivity contribution in [1.82, 2.24) is 5.32 Å². The van der Waals surface area contributed by atoms with Crippen molar-refractivity contribution in [2.45, 2.75) is 85.0 Å². The maximum atomic E-state index is 12.3. The van der Waals surface area contributed by atoms with Gasteiger partial charge >= 0.3 is 12.1 Å². The zero-order chi connectivity index (χ0) is 22.5. The minimum absolute atomic E-state index is 0. The monoisotopic (exact) mass is 421 g/mol. The van der Waals surface area contributed by atoms with Crippen molar-refractivity contribution in [3.63, 3.8) is 0 Å². The van der Waals surface area contributed by atoms with E-state index in [1.807, 2.05) is 60.6 Å². The second-order valence-electron chi connectivity index (χ2n) is 10.3. The molecule has 0 aliphatic heterocycles. The number of benzene rings is 1. The van der Waals surface area contributed by atoms with Gasteiger partial charge in [-0.1, -0.05) is 45.0 Å². The van der Waals surface area contributed by atoms with E-state index in [-0.39, 0.29) is 37.3 Å². The van der Waals surface area contributed by atoms with Gasteiger partial charge in [0.05, 0.1) is 25.7 Å². The van der Waals surface area contributed by atoms with Crippen LogP contribution in [-0.2, 0) is 25.4 Å². The first-order valence-corrected chi connectivity index (χ1v) is 10.7. The van der Waals surface area contributed by atoms with Crippen molar-refractivity contribution in [3.05, 3.63) is 35.4 Å². The summed E-state index contributed by atoms with van der Waals surface area (Å²) >= 11 is 0. The molecule has 1 aliphatic rings. The molecule has 0 aromatic heterocycles. The summed E-state index contributed by atoms with van der Waals surface area (Å²) in [7, 11) is 0. The molecule has 0 saturated carbocycles. The van der Waals surface area contributed by atoms with Gasteiger partial charge in [-0.25, -0.2) is 4.79 Å². The highest BCUT2D eigenvalue weighted by molar-refractivity contribution is 5.70. The predicted molar refractivity (Wildman–Crippen MR) is 119 cm³/mol. The van der Waals surface area contributed by atoms with Crippen LogP contribution in [0.2, 0.25) is 0 Å². The largest absolute Gasteiger partial charge is 0.465 e. The molecule has 0 heterocycles. The molecular weight excluding hydrogens is 382 g/mol. The number of esters is 1. The first kappa shape index (κ1) is 24.2. The van der Waals surface area contributed by atoms with Crippen molar-refractivity contribution in [3.8, 4) is 0 Å². The number of fused-ring (bicyclic) bond motifs is 1. The molecule has 0 spiro atoms. The average Bonchev–Trinajstić information content (AvgIpc) is 2.92. The molecule has 3 atom stereocenters. The molecule has 1 amide bonds. The highest BCUT2D eigenvalue weighted by Gasteiger charge is 2.35. The average molecular weight is 422 g/mol. The molecule has 170 valence electrons. The van der Waals surface area contributed by atoms with Crippen LogP contribution in [0.1, 0.15) is 73.4 Å². The maximum Gasteiger partial charge on any atom is 0.407 e. The van der Waals surface area contributed by atoms with E-state index in [0.29, 0.717) is 13.2 Å². The predicted octanol–water partition coefficient (Wildman–Crippen LogP) is 4.85. The number of ether oxygens (including phenoxy) is 3. The van der Waals surface area contributed by atoms with Gasteiger partial charge in [-0.15, -0.1) is 0 Å². The van der Waals surface area contributed by atoms with E-state index in [1.54, 1.807) is 0 Å². The lowest BCUT2D eigenvalue weighted by Gasteiger charge is -2.26. The first-order valence-electron chi connectivity index (χ1n) is 10.7. The number of nitrogens with one attached hydrogen (secondary N) is 1. The molecule has 0 bridgehead atoms. The van der Waals surface area contributed by atoms with Crippen LogP contribution in [0.5, 0.6) is 0 Å². The Hall–Kier alpha value is -2.08. The highest BCUT2D eigenvalue weighted by atomic mass is 16.6. The Bertz CT molecular complexity index is 738. The molecule has 1 N–H and O–H groups in total. The van der Waals surface area contributed by atoms with Crippen LogP contribution in [0.3, 0.4) is 0 Å². The van der Waals surface area contributed by atoms with Gasteiger partial charge in [0, 0.05) is 13.4 Å². The van der Waals surface area contributed by atoms with Crippen molar-refractivity contribution in [2.24, 2.45) is 5.41 Å². The smallest absolute Gasteiger partial charge is 0.407 e. The van der Waals surface area contributed by atoms with Gasteiger partial charge in [-0.2, -0.15) is 0 Å². The summed E-state index contributed by atoms with van der Waals surface area (Å²) in [5, 5.41) is 3.00. The summed E-state index contributed by atoms with van der Waals surface area (Å²) in [6, 6.07) is 8.03. The minimum atomic E-state index is -0.552. The third-order valence-electron chi connectivity index (χ3n) is 4.76. The van der Waals surface area contributed by atoms with Crippen LogP contribution in [0.25, 0.3) is 0 Å². The Labute approximate surface area is 182 Å². The second kappa shape index (κ2) is 9.82. The van der Waals surface area contributed by atoms with Crippen LogP contribution < -0.4 is 5.32 Å². The second-order valence-corrected chi connectivity index (χ2v) is 10.3. The summed E-state index contributed by atoms with van der Waals surface area (Å²) < 4.78 is 16.8. The van der Waals surface area contributed by atoms with E-state index in [4.69, 9.17) is 14.2 Å². The van der Waals surface area contributed by atoms with Crippen LogP contribution >= 0.6 is 0 Å². The molecule has 1 aromatic rings. The van der Waals surface area contributed by atoms with Gasteiger partial charge in [-0.3, -0.25) is 4.79 Å². The Balaban J connectivity index is 0.00000480. The third kappa shape index (κ3) is 7.98. The summed E-state index contributed by atoms with van der Waals surface area (Å²) in [4.78, 5) is 24.4. The Morgan fingerprint density at radius 1 is 1.17 bits per heavy atom. The van der Waals surface area contributed by atoms with Crippen LogP contribution in [0.4, 0.5) is 4.79 Å². The van der Waals surface area contributed by atoms with Crippen molar-refractivity contribution in [1.29, 1.82) is 0 Å². The molecule has 1 aromatic carbocycles. The Morgan fingerprint density at radius 3 is 2.47 bits per heavy atom. The lowest BCUT2D eigenvalue weighted by atomic mass is 9.99. The lowest BCUT2D eigenvalue weighted by Crippen LogP contribution is -2.42. The van der Waals surface area contributed by atoms with Crippen LogP contribution in [-0.4, -0.2) is 43.0 Å². The molecule has 6 heteroatoms. The summed E-state index contributed by atoms with van der Waals surface area (Å²) in [5.74, 6) is -0.255. The van der Waals surface area contributed by atoms with Gasteiger partial charge < -0.3 is 19.5 Å².